The Bertz CT molecular complexity index is 1950. The number of para-hydroxylation sites is 2. The molecule has 0 bridgehead atoms. The van der Waals surface area contributed by atoms with Crippen LogP contribution in [0.2, 0.25) is 0 Å². The highest BCUT2D eigenvalue weighted by molar-refractivity contribution is 7.20. The van der Waals surface area contributed by atoms with Gasteiger partial charge >= 0.3 is 0 Å². The monoisotopic (exact) mass is 466 g/mol. The molecule has 3 heteroatoms. The van der Waals surface area contributed by atoms with Crippen LogP contribution < -0.4 is 0 Å². The predicted octanol–water partition coefficient (Wildman–Crippen LogP) is 8.85. The highest BCUT2D eigenvalue weighted by Gasteiger charge is 2.36. The van der Waals surface area contributed by atoms with Gasteiger partial charge in [-0.3, -0.25) is 4.57 Å². The number of rotatable bonds is 1. The van der Waals surface area contributed by atoms with Gasteiger partial charge in [0.05, 0.1) is 21.3 Å². The average Bonchev–Trinajstić information content (AvgIpc) is 3.51. The fourth-order valence-corrected chi connectivity index (χ4v) is 7.14. The number of nitrogens with zero attached hydrogens (tertiary/aromatic N) is 2. The molecule has 0 unspecified atom stereocenters. The molecule has 0 atom stereocenters. The Labute approximate surface area is 207 Å². The van der Waals surface area contributed by atoms with Gasteiger partial charge in [-0.25, -0.2) is 4.98 Å². The maximum absolute atomic E-state index is 5.02. The third-order valence-corrected chi connectivity index (χ3v) is 8.85. The van der Waals surface area contributed by atoms with Crippen molar-refractivity contribution in [3.05, 3.63) is 108 Å². The van der Waals surface area contributed by atoms with Crippen LogP contribution in [-0.4, -0.2) is 9.55 Å². The molecule has 0 radical (unpaired) electrons. The number of benzene rings is 5. The second-order valence-corrected chi connectivity index (χ2v) is 11.1. The Balaban J connectivity index is 1.52. The standard InChI is InChI=1S/C32H22N2S/c1-32(2)24-11-5-3-10-21(24)30-22-18-23-20-9-4-7-13-27(20)34(28(23)17-19(22)15-16-25(30)32)31-33-26-12-6-8-14-29(26)35-31/h3-18H,1-2H3. The Morgan fingerprint density at radius 1 is 0.686 bits per heavy atom. The first-order chi connectivity index (χ1) is 17.1. The van der Waals surface area contributed by atoms with E-state index in [2.05, 4.69) is 115 Å². The molecule has 1 aliphatic rings. The first kappa shape index (κ1) is 19.4. The van der Waals surface area contributed by atoms with Gasteiger partial charge in [-0.15, -0.1) is 0 Å². The van der Waals surface area contributed by atoms with Gasteiger partial charge < -0.3 is 0 Å². The van der Waals surface area contributed by atoms with E-state index in [1.54, 1.807) is 11.3 Å². The molecule has 35 heavy (non-hydrogen) atoms. The lowest BCUT2D eigenvalue weighted by molar-refractivity contribution is 0.661. The van der Waals surface area contributed by atoms with Crippen molar-refractivity contribution in [2.45, 2.75) is 19.3 Å². The van der Waals surface area contributed by atoms with Crippen molar-refractivity contribution in [3.8, 4) is 16.3 Å². The second kappa shape index (κ2) is 6.59. The largest absolute Gasteiger partial charge is 0.285 e. The average molecular weight is 467 g/mol. The zero-order valence-corrected chi connectivity index (χ0v) is 20.4. The van der Waals surface area contributed by atoms with Gasteiger partial charge in [0.25, 0.3) is 0 Å². The Kier molecular flexibility index (Phi) is 3.64. The molecule has 2 nitrogen and oxygen atoms in total. The van der Waals surface area contributed by atoms with Gasteiger partial charge in [0.2, 0.25) is 0 Å². The van der Waals surface area contributed by atoms with Crippen molar-refractivity contribution in [2.24, 2.45) is 0 Å². The van der Waals surface area contributed by atoms with E-state index < -0.39 is 0 Å². The molecule has 7 aromatic rings. The van der Waals surface area contributed by atoms with Crippen LogP contribution in [0.25, 0.3) is 59.1 Å². The van der Waals surface area contributed by atoms with Crippen LogP contribution in [0.15, 0.2) is 97.1 Å². The van der Waals surface area contributed by atoms with Crippen LogP contribution in [0, 0.1) is 0 Å². The summed E-state index contributed by atoms with van der Waals surface area (Å²) in [5.41, 5.74) is 9.06. The molecule has 0 N–H and O–H groups in total. The smallest absolute Gasteiger partial charge is 0.195 e. The molecule has 1 aliphatic carbocycles. The predicted molar refractivity (Wildman–Crippen MR) is 149 cm³/mol. The van der Waals surface area contributed by atoms with E-state index in [1.165, 1.54) is 59.5 Å². The second-order valence-electron chi connectivity index (χ2n) is 10.1. The third kappa shape index (κ3) is 2.46. The van der Waals surface area contributed by atoms with Gasteiger partial charge in [-0.1, -0.05) is 91.9 Å². The summed E-state index contributed by atoms with van der Waals surface area (Å²) in [4.78, 5) is 5.02. The van der Waals surface area contributed by atoms with Gasteiger partial charge in [-0.2, -0.15) is 0 Å². The first-order valence-corrected chi connectivity index (χ1v) is 12.9. The van der Waals surface area contributed by atoms with E-state index in [9.17, 15) is 0 Å². The van der Waals surface area contributed by atoms with Crippen LogP contribution >= 0.6 is 11.3 Å². The number of thiazole rings is 1. The molecule has 166 valence electrons. The van der Waals surface area contributed by atoms with E-state index in [1.807, 2.05) is 0 Å². The van der Waals surface area contributed by atoms with Gasteiger partial charge in [0.1, 0.15) is 0 Å². The number of fused-ring (bicyclic) bond motifs is 9. The molecule has 2 aromatic heterocycles. The minimum atomic E-state index is 0.00404. The third-order valence-electron chi connectivity index (χ3n) is 7.83. The van der Waals surface area contributed by atoms with E-state index in [-0.39, 0.29) is 5.41 Å². The van der Waals surface area contributed by atoms with Crippen LogP contribution in [-0.2, 0) is 5.41 Å². The summed E-state index contributed by atoms with van der Waals surface area (Å²) in [5.74, 6) is 0. The topological polar surface area (TPSA) is 17.8 Å². The minimum absolute atomic E-state index is 0.00404. The maximum atomic E-state index is 5.02. The summed E-state index contributed by atoms with van der Waals surface area (Å²) in [6.45, 7) is 4.70. The zero-order chi connectivity index (χ0) is 23.3. The van der Waals surface area contributed by atoms with Crippen LogP contribution in [0.3, 0.4) is 0 Å². The molecular weight excluding hydrogens is 444 g/mol. The molecule has 5 aromatic carbocycles. The fourth-order valence-electron chi connectivity index (χ4n) is 6.15. The van der Waals surface area contributed by atoms with Gasteiger partial charge in [0.15, 0.2) is 5.13 Å². The van der Waals surface area contributed by atoms with Crippen LogP contribution in [0.5, 0.6) is 0 Å². The van der Waals surface area contributed by atoms with Crippen LogP contribution in [0.4, 0.5) is 0 Å². The molecule has 8 rings (SSSR count). The fraction of sp³-hybridized carbons (Fsp3) is 0.0938. The lowest BCUT2D eigenvalue weighted by Crippen LogP contribution is -2.14. The van der Waals surface area contributed by atoms with Crippen molar-refractivity contribution in [3.63, 3.8) is 0 Å². The molecule has 0 saturated heterocycles. The van der Waals surface area contributed by atoms with Crippen LogP contribution in [0.1, 0.15) is 25.0 Å². The Morgan fingerprint density at radius 2 is 1.49 bits per heavy atom. The highest BCUT2D eigenvalue weighted by atomic mass is 32.1. The van der Waals surface area contributed by atoms with Crippen molar-refractivity contribution >= 4 is 54.1 Å². The highest BCUT2D eigenvalue weighted by Crippen LogP contribution is 2.52. The maximum Gasteiger partial charge on any atom is 0.195 e. The van der Waals surface area contributed by atoms with E-state index in [0.717, 1.165) is 10.6 Å². The number of hydrogen-bond donors (Lipinski definition) is 0. The summed E-state index contributed by atoms with van der Waals surface area (Å²) in [7, 11) is 0. The summed E-state index contributed by atoms with van der Waals surface area (Å²) >= 11 is 1.75. The van der Waals surface area contributed by atoms with E-state index >= 15 is 0 Å². The summed E-state index contributed by atoms with van der Waals surface area (Å²) in [5, 5.41) is 6.17. The van der Waals surface area contributed by atoms with Crippen molar-refractivity contribution in [2.75, 3.05) is 0 Å². The number of aromatic nitrogens is 2. The minimum Gasteiger partial charge on any atom is -0.285 e. The Morgan fingerprint density at radius 3 is 2.40 bits per heavy atom. The zero-order valence-electron chi connectivity index (χ0n) is 19.5. The number of hydrogen-bond acceptors (Lipinski definition) is 2. The lowest BCUT2D eigenvalue weighted by Gasteiger charge is -2.21. The molecule has 0 spiro atoms. The summed E-state index contributed by atoms with van der Waals surface area (Å²) < 4.78 is 3.56. The molecule has 0 saturated carbocycles. The van der Waals surface area contributed by atoms with Crippen molar-refractivity contribution < 1.29 is 0 Å². The van der Waals surface area contributed by atoms with E-state index in [0.29, 0.717) is 0 Å². The first-order valence-electron chi connectivity index (χ1n) is 12.1. The van der Waals surface area contributed by atoms with Crippen molar-refractivity contribution in [1.29, 1.82) is 0 Å². The quantitative estimate of drug-likeness (QED) is 0.236. The Hall–Kier alpha value is -3.95. The van der Waals surface area contributed by atoms with Gasteiger partial charge in [-0.05, 0) is 63.4 Å². The van der Waals surface area contributed by atoms with Gasteiger partial charge in [0, 0.05) is 16.2 Å². The van der Waals surface area contributed by atoms with E-state index in [4.69, 9.17) is 4.98 Å². The summed E-state index contributed by atoms with van der Waals surface area (Å²) in [6, 6.07) is 35.5. The molecular formula is C32H22N2S. The molecule has 0 amide bonds. The SMILES string of the molecule is CC1(C)c2ccccc2-c2c1ccc1cc3c(cc21)c1ccccc1n3-c1nc2ccccc2s1. The van der Waals surface area contributed by atoms with Crippen molar-refractivity contribution in [1.82, 2.24) is 9.55 Å². The molecule has 2 heterocycles. The molecule has 0 fully saturated rings. The summed E-state index contributed by atoms with van der Waals surface area (Å²) in [6.07, 6.45) is 0. The lowest BCUT2D eigenvalue weighted by atomic mass is 9.82. The molecule has 0 aliphatic heterocycles. The normalized spacial score (nSPS) is 14.2.